The first kappa shape index (κ1) is 90.6. The van der Waals surface area contributed by atoms with Crippen molar-refractivity contribution >= 4 is 118 Å². The van der Waals surface area contributed by atoms with Gasteiger partial charge in [0.2, 0.25) is 9.84 Å². The molecule has 120 heavy (non-hydrogen) atoms. The minimum Gasteiger partial charge on any atom is -0.507 e. The topological polar surface area (TPSA) is 498 Å². The zero-order valence-electron chi connectivity index (χ0n) is 61.8. The predicted octanol–water partition coefficient (Wildman–Crippen LogP) is 16.2. The Balaban J connectivity index is 0.000000189. The van der Waals surface area contributed by atoms with Crippen LogP contribution in [0.4, 0.5) is 0 Å². The molecule has 4 aromatic heterocycles. The Hall–Kier alpha value is -16.6. The molecule has 11 aromatic carbocycles. The van der Waals surface area contributed by atoms with Crippen molar-refractivity contribution in [3.63, 3.8) is 0 Å². The van der Waals surface area contributed by atoms with Gasteiger partial charge < -0.3 is 60.3 Å². The van der Waals surface area contributed by atoms with Crippen LogP contribution in [-0.4, -0.2) is 133 Å². The number of pyridine rings is 2. The van der Waals surface area contributed by atoms with E-state index in [1.54, 1.807) is 84.3 Å². The van der Waals surface area contributed by atoms with Crippen LogP contribution in [0.15, 0.2) is 305 Å². The first-order valence-electron chi connectivity index (χ1n) is 34.0. The number of nitrogens with zero attached hydrogens (tertiary/aromatic N) is 4. The quantitative estimate of drug-likeness (QED) is 0.0474. The van der Waals surface area contributed by atoms with Gasteiger partial charge in [-0.3, -0.25) is 9.78 Å². The van der Waals surface area contributed by atoms with Crippen LogP contribution in [0.1, 0.15) is 95.1 Å². The van der Waals surface area contributed by atoms with Crippen molar-refractivity contribution in [3.05, 3.63) is 358 Å². The number of fused-ring (bicyclic) bond motifs is 5. The number of aryl methyl sites for hydroxylation is 1. The number of ether oxygens (including phenoxy) is 1. The molecule has 16 rings (SSSR count). The Labute approximate surface area is 688 Å². The Kier molecular flexibility index (Phi) is 33.8. The van der Waals surface area contributed by atoms with Crippen LogP contribution >= 0.6 is 22.9 Å². The summed E-state index contributed by atoms with van der Waals surface area (Å²) in [4.78, 5) is 120. The number of ketones is 1. The van der Waals surface area contributed by atoms with Crippen molar-refractivity contribution < 1.29 is 121 Å². The van der Waals surface area contributed by atoms with Gasteiger partial charge in [-0.15, -0.1) is 11.3 Å². The molecule has 0 fully saturated rings. The molecule has 602 valence electrons. The molecule has 1 aliphatic heterocycles. The minimum atomic E-state index is -3.87. The fourth-order valence-electron chi connectivity index (χ4n) is 10.3. The number of para-hydroxylation sites is 2. The third-order valence-corrected chi connectivity index (χ3v) is 18.7. The van der Waals surface area contributed by atoms with E-state index < -0.39 is 51.4 Å². The average molecular weight is 1670 g/mol. The van der Waals surface area contributed by atoms with Gasteiger partial charge in [0.05, 0.1) is 47.2 Å². The van der Waals surface area contributed by atoms with Crippen molar-refractivity contribution in [1.29, 1.82) is 0 Å². The molecule has 0 saturated heterocycles. The van der Waals surface area contributed by atoms with Crippen molar-refractivity contribution in [2.24, 2.45) is 0 Å². The number of aromatic carboxylic acids is 6. The van der Waals surface area contributed by atoms with E-state index in [1.165, 1.54) is 89.9 Å². The number of thiazole rings is 1. The van der Waals surface area contributed by atoms with Crippen LogP contribution in [0.2, 0.25) is 5.02 Å². The first-order valence-corrected chi connectivity index (χ1v) is 36.8. The number of carboxylic acid groups (broad SMARTS) is 6. The summed E-state index contributed by atoms with van der Waals surface area (Å²) < 4.78 is 36.7. The van der Waals surface area contributed by atoms with E-state index >= 15 is 0 Å². The molecule has 32 heteroatoms. The van der Waals surface area contributed by atoms with Crippen molar-refractivity contribution in [3.8, 4) is 57.6 Å². The summed E-state index contributed by atoms with van der Waals surface area (Å²) in [6.45, 7) is 1.85. The molecule has 0 spiro atoms. The van der Waals surface area contributed by atoms with Crippen LogP contribution in [0.3, 0.4) is 0 Å². The number of carbonyl (C=O) groups excluding carboxylic acids is 5. The summed E-state index contributed by atoms with van der Waals surface area (Å²) in [6, 6.07) is 73.2. The van der Waals surface area contributed by atoms with Gasteiger partial charge in [0.15, 0.2) is 5.78 Å². The van der Waals surface area contributed by atoms with Gasteiger partial charge in [0, 0.05) is 68.6 Å². The number of phenols is 4. The number of aromatic nitrogens is 4. The molecule has 0 radical (unpaired) electrons. The van der Waals surface area contributed by atoms with Gasteiger partial charge in [0.1, 0.15) is 62.8 Å². The molecule has 29 nitrogen and oxygen atoms in total. The number of hydrogen-bond acceptors (Lipinski definition) is 24. The Morgan fingerprint density at radius 1 is 0.450 bits per heavy atom. The fourth-order valence-corrected chi connectivity index (χ4v) is 12.8. The molecular weight excluding hydrogens is 1610 g/mol. The van der Waals surface area contributed by atoms with E-state index in [4.69, 9.17) is 70.7 Å². The van der Waals surface area contributed by atoms with Crippen molar-refractivity contribution in [2.75, 3.05) is 0 Å². The number of rotatable bonds is 9. The summed E-state index contributed by atoms with van der Waals surface area (Å²) in [6.07, 6.45) is 4.79. The van der Waals surface area contributed by atoms with Gasteiger partial charge in [-0.25, -0.2) is 47.2 Å². The number of halogens is 1. The van der Waals surface area contributed by atoms with Gasteiger partial charge in [-0.05, 0) is 146 Å². The molecule has 0 aliphatic carbocycles. The zero-order chi connectivity index (χ0) is 87.4. The molecule has 15 aromatic rings. The van der Waals surface area contributed by atoms with E-state index in [1.807, 2.05) is 122 Å². The first-order chi connectivity index (χ1) is 57.5. The monoisotopic (exact) mass is 1670 g/mol. The maximum Gasteiger partial charge on any atom is 0.373 e. The van der Waals surface area contributed by atoms with E-state index in [2.05, 4.69) is 38.0 Å². The normalized spacial score (nSPS) is 10.4. The van der Waals surface area contributed by atoms with E-state index in [0.29, 0.717) is 43.6 Å². The summed E-state index contributed by atoms with van der Waals surface area (Å²) in [7, 11) is -3.87. The van der Waals surface area contributed by atoms with Gasteiger partial charge >= 0.3 is 48.1 Å². The van der Waals surface area contributed by atoms with Crippen LogP contribution in [0.5, 0.6) is 34.5 Å². The van der Waals surface area contributed by atoms with E-state index in [-0.39, 0.29) is 89.7 Å². The predicted molar refractivity (Wildman–Crippen MR) is 433 cm³/mol. The van der Waals surface area contributed by atoms with Crippen molar-refractivity contribution in [1.82, 2.24) is 20.1 Å². The Morgan fingerprint density at radius 2 is 1.02 bits per heavy atom. The smallest absolute Gasteiger partial charge is 0.373 e. The second-order valence-electron chi connectivity index (χ2n) is 23.6. The number of carboxylic acids is 6. The lowest BCUT2D eigenvalue weighted by atomic mass is 10.0. The average Bonchev–Trinajstić information content (AvgIpc) is 0.887. The highest BCUT2D eigenvalue weighted by Gasteiger charge is 2.35. The summed E-state index contributed by atoms with van der Waals surface area (Å²) >= 11 is 7.66. The van der Waals surface area contributed by atoms with Crippen LogP contribution in [0, 0.1) is 18.8 Å². The van der Waals surface area contributed by atoms with Gasteiger partial charge in [-0.2, -0.15) is 19.2 Å². The molecule has 1 aliphatic rings. The second-order valence-corrected chi connectivity index (χ2v) is 26.8. The molecule has 10 N–H and O–H groups in total. The lowest BCUT2D eigenvalue weighted by molar-refractivity contribution is -0.193. The van der Waals surface area contributed by atoms with Crippen LogP contribution < -0.4 is 4.74 Å². The number of hydrogen-bond donors (Lipinski definition) is 10. The summed E-state index contributed by atoms with van der Waals surface area (Å²) in [5.74, 6) is -0.0672. The highest BCUT2D eigenvalue weighted by atomic mass is 35.5. The second kappa shape index (κ2) is 44.7. The summed E-state index contributed by atoms with van der Waals surface area (Å²) in [5.41, 5.74) is 6.05. The molecule has 0 bridgehead atoms. The third kappa shape index (κ3) is 26.0. The maximum atomic E-state index is 12.5. The van der Waals surface area contributed by atoms with E-state index in [0.717, 1.165) is 40.2 Å². The molecular formula is C88H61ClN4O25S2. The maximum absolute atomic E-state index is 12.5. The molecule has 0 amide bonds. The number of carbonyl (C=O) groups is 7. The highest BCUT2D eigenvalue weighted by molar-refractivity contribution is 7.91. The largest absolute Gasteiger partial charge is 0.507 e. The Morgan fingerprint density at radius 3 is 1.62 bits per heavy atom. The lowest BCUT2D eigenvalue weighted by Crippen LogP contribution is -2.20. The third-order valence-electron chi connectivity index (χ3n) is 15.7. The molecule has 0 unspecified atom stereocenters. The van der Waals surface area contributed by atoms with Crippen LogP contribution in [0.25, 0.3) is 43.0 Å². The minimum absolute atomic E-state index is 0.00806. The molecule has 5 heterocycles. The van der Waals surface area contributed by atoms with Gasteiger partial charge in [0.25, 0.3) is 0 Å². The van der Waals surface area contributed by atoms with E-state index in [9.17, 15) is 62.4 Å². The molecule has 0 saturated carbocycles. The number of sulfone groups is 1. The SMILES string of the molecule is Cc1cc(-c2ccccc2Cl)no1.O=C(O)c1cc(O)c2ccccc2c1O.O=C(O)c1cc2cccc(O)c2cc1O.O=C(O)c1ccc2c(c1)S(=O)(=O)c1ccccc1C2=O.O=C(O)c1cccc(Oc2ccccc2)c1.O=C(O)c1ccccn1.O=C(O)c1cncc(C#Cc2ccccc2)c1.O=C=O.O=C=O.c1ccc2scnc2c1. The zero-order valence-corrected chi connectivity index (χ0v) is 64.2. The fraction of sp³-hybridized carbons (Fsp3) is 0.0114. The highest BCUT2D eigenvalue weighted by Crippen LogP contribution is 2.37. The standard InChI is InChI=1S/C14H9NO2.C14H8O5S.C13H10O3.2C11H8O4.C10H8ClNO.C7H5NS.C6H5NO2.2CO2/c16-14(17)13-8-12(9-15-10-13)7-6-11-4-2-1-3-5-11;15-13-9-3-1-2-4-11(9)20(18,19)12-7-8(14(16)17)5-6-10(12)13;14-13(15)10-5-4-8-12(9-10)16-11-6-2-1-3-7-11;12-9-3-1-2-6-4-8(11(14)15)10(13)5-7(6)9;12-9-5-8(11(14)15)10(13)7-4-2-1-3-6(7)9;1-7-6-10(12-13-7)8-4-2-3-5-9(8)11;1-2-4-7-6(3-1)8-5-9-7;8-6(9)5-3-1-2-4-7-5;2*2-1-3/h1-5,8-10H,(H,16,17);1-7H,(H,16,17);1-9H,(H,14,15);2*1-5,12-13H,(H,14,15);2-6H,1H3;1-5H;1-4H,(H,8,9);;. The number of aromatic hydroxyl groups is 4. The Bertz CT molecular complexity index is 6400. The lowest BCUT2D eigenvalue weighted by Gasteiger charge is -2.18. The van der Waals surface area contributed by atoms with Crippen LogP contribution in [-0.2, 0) is 29.0 Å². The summed E-state index contributed by atoms with van der Waals surface area (Å²) in [5, 5.41) is 96.9. The number of benzene rings is 11. The van der Waals surface area contributed by atoms with Crippen molar-refractivity contribution in [2.45, 2.75) is 16.7 Å². The molecule has 0 atom stereocenters. The van der Waals surface area contributed by atoms with Gasteiger partial charge in [-0.1, -0.05) is 156 Å². The number of phenolic OH excluding ortho intramolecular Hbond substituents is 2.